The lowest BCUT2D eigenvalue weighted by Gasteiger charge is -2.28. The highest BCUT2D eigenvalue weighted by Crippen LogP contribution is 2.25. The van der Waals surface area contributed by atoms with Crippen molar-refractivity contribution in [2.45, 2.75) is 25.3 Å². The number of morpholine rings is 1. The topological polar surface area (TPSA) is 53.2 Å². The monoisotopic (exact) mass is 250 g/mol. The molecule has 2 saturated heterocycles. The molecule has 5 nitrogen and oxygen atoms in total. The van der Waals surface area contributed by atoms with Crippen molar-refractivity contribution in [1.29, 1.82) is 0 Å². The maximum absolute atomic E-state index is 5.39. The molecule has 3 heterocycles. The number of rotatable bonds is 3. The van der Waals surface area contributed by atoms with Crippen molar-refractivity contribution >= 4 is 0 Å². The first-order valence-electron chi connectivity index (χ1n) is 6.96. The zero-order valence-corrected chi connectivity index (χ0v) is 10.8. The first-order valence-corrected chi connectivity index (χ1v) is 6.96. The van der Waals surface area contributed by atoms with Crippen LogP contribution in [0.25, 0.3) is 0 Å². The molecule has 3 rings (SSSR count). The Balaban J connectivity index is 1.66. The second kappa shape index (κ2) is 5.82. The molecule has 1 aromatic rings. The van der Waals surface area contributed by atoms with Gasteiger partial charge in [0, 0.05) is 43.4 Å². The van der Waals surface area contributed by atoms with Gasteiger partial charge < -0.3 is 10.1 Å². The largest absolute Gasteiger partial charge is 0.379 e. The summed E-state index contributed by atoms with van der Waals surface area (Å²) in [6.07, 6.45) is 4.53. The fraction of sp³-hybridized carbons (Fsp3) is 0.769. The van der Waals surface area contributed by atoms with Crippen LogP contribution in [0.1, 0.15) is 30.0 Å². The van der Waals surface area contributed by atoms with E-state index in [9.17, 15) is 0 Å². The van der Waals surface area contributed by atoms with E-state index in [1.807, 2.05) is 6.20 Å². The van der Waals surface area contributed by atoms with Crippen molar-refractivity contribution in [3.8, 4) is 0 Å². The van der Waals surface area contributed by atoms with Gasteiger partial charge in [0.15, 0.2) is 0 Å². The lowest BCUT2D eigenvalue weighted by atomic mass is 9.93. The molecule has 0 bridgehead atoms. The summed E-state index contributed by atoms with van der Waals surface area (Å²) in [5, 5.41) is 10.9. The van der Waals surface area contributed by atoms with Crippen LogP contribution in [0.15, 0.2) is 6.20 Å². The molecule has 2 N–H and O–H groups in total. The van der Waals surface area contributed by atoms with Crippen molar-refractivity contribution in [2.75, 3.05) is 39.4 Å². The van der Waals surface area contributed by atoms with Crippen LogP contribution >= 0.6 is 0 Å². The van der Waals surface area contributed by atoms with Crippen LogP contribution in [-0.2, 0) is 11.3 Å². The van der Waals surface area contributed by atoms with E-state index in [2.05, 4.69) is 20.4 Å². The minimum Gasteiger partial charge on any atom is -0.379 e. The van der Waals surface area contributed by atoms with Gasteiger partial charge in [-0.25, -0.2) is 0 Å². The number of hydrogen-bond acceptors (Lipinski definition) is 4. The maximum atomic E-state index is 5.39. The van der Waals surface area contributed by atoms with Crippen LogP contribution < -0.4 is 5.32 Å². The van der Waals surface area contributed by atoms with Gasteiger partial charge in [0.1, 0.15) is 0 Å². The fourth-order valence-electron chi connectivity index (χ4n) is 2.90. The van der Waals surface area contributed by atoms with E-state index < -0.39 is 0 Å². The van der Waals surface area contributed by atoms with Gasteiger partial charge >= 0.3 is 0 Å². The summed E-state index contributed by atoms with van der Waals surface area (Å²) < 4.78 is 5.39. The third-order valence-corrected chi connectivity index (χ3v) is 3.95. The molecule has 0 amide bonds. The highest BCUT2D eigenvalue weighted by Gasteiger charge is 2.21. The zero-order chi connectivity index (χ0) is 12.2. The number of aromatic nitrogens is 2. The predicted octanol–water partition coefficient (Wildman–Crippen LogP) is 0.709. The third kappa shape index (κ3) is 2.74. The van der Waals surface area contributed by atoms with Crippen LogP contribution in [0.5, 0.6) is 0 Å². The Labute approximate surface area is 108 Å². The Morgan fingerprint density at radius 2 is 2.28 bits per heavy atom. The Morgan fingerprint density at radius 1 is 1.39 bits per heavy atom. The van der Waals surface area contributed by atoms with Gasteiger partial charge in [-0.3, -0.25) is 10.00 Å². The molecule has 100 valence electrons. The number of hydrogen-bond donors (Lipinski definition) is 2. The SMILES string of the molecule is c1n[nH]c([C@H]2CCCNC2)c1CN1CCOCC1. The zero-order valence-electron chi connectivity index (χ0n) is 10.8. The molecule has 2 aliphatic heterocycles. The summed E-state index contributed by atoms with van der Waals surface area (Å²) in [6.45, 7) is 7.03. The maximum Gasteiger partial charge on any atom is 0.0594 e. The summed E-state index contributed by atoms with van der Waals surface area (Å²) in [5.74, 6) is 0.609. The van der Waals surface area contributed by atoms with E-state index in [1.165, 1.54) is 24.1 Å². The number of ether oxygens (including phenoxy) is 1. The number of nitrogens with zero attached hydrogens (tertiary/aromatic N) is 2. The third-order valence-electron chi connectivity index (χ3n) is 3.95. The minimum absolute atomic E-state index is 0.609. The van der Waals surface area contributed by atoms with Gasteiger partial charge in [-0.2, -0.15) is 5.10 Å². The molecular weight excluding hydrogens is 228 g/mol. The van der Waals surface area contributed by atoms with E-state index in [0.717, 1.165) is 45.9 Å². The minimum atomic E-state index is 0.609. The van der Waals surface area contributed by atoms with Crippen molar-refractivity contribution < 1.29 is 4.74 Å². The smallest absolute Gasteiger partial charge is 0.0594 e. The summed E-state index contributed by atoms with van der Waals surface area (Å²) in [6, 6.07) is 0. The molecule has 0 spiro atoms. The Kier molecular flexibility index (Phi) is 3.93. The van der Waals surface area contributed by atoms with Crippen LogP contribution in [0.3, 0.4) is 0 Å². The molecule has 18 heavy (non-hydrogen) atoms. The van der Waals surface area contributed by atoms with Gasteiger partial charge in [0.05, 0.1) is 19.4 Å². The molecular formula is C13H22N4O. The first kappa shape index (κ1) is 12.1. The number of H-pyrrole nitrogens is 1. The highest BCUT2D eigenvalue weighted by molar-refractivity contribution is 5.21. The van der Waals surface area contributed by atoms with E-state index in [4.69, 9.17) is 4.74 Å². The van der Waals surface area contributed by atoms with Crippen molar-refractivity contribution in [1.82, 2.24) is 20.4 Å². The normalized spacial score (nSPS) is 26.3. The van der Waals surface area contributed by atoms with E-state index in [1.54, 1.807) is 0 Å². The average Bonchev–Trinajstić information content (AvgIpc) is 2.89. The molecule has 1 aromatic heterocycles. The number of nitrogens with one attached hydrogen (secondary N) is 2. The quantitative estimate of drug-likeness (QED) is 0.829. The van der Waals surface area contributed by atoms with Gasteiger partial charge in [-0.1, -0.05) is 0 Å². The molecule has 0 unspecified atom stereocenters. The lowest BCUT2D eigenvalue weighted by molar-refractivity contribution is 0.0340. The van der Waals surface area contributed by atoms with Crippen molar-refractivity contribution in [2.24, 2.45) is 0 Å². The van der Waals surface area contributed by atoms with Gasteiger partial charge in [0.25, 0.3) is 0 Å². The number of piperidine rings is 1. The van der Waals surface area contributed by atoms with Crippen LogP contribution in [0.4, 0.5) is 0 Å². The molecule has 5 heteroatoms. The summed E-state index contributed by atoms with van der Waals surface area (Å²) in [7, 11) is 0. The molecule has 2 fully saturated rings. The Hall–Kier alpha value is -0.910. The van der Waals surface area contributed by atoms with Gasteiger partial charge in [0.2, 0.25) is 0 Å². The molecule has 0 saturated carbocycles. The molecule has 2 aliphatic rings. The van der Waals surface area contributed by atoms with E-state index >= 15 is 0 Å². The average molecular weight is 250 g/mol. The summed E-state index contributed by atoms with van der Waals surface area (Å²) in [4.78, 5) is 2.45. The second-order valence-corrected chi connectivity index (χ2v) is 5.24. The van der Waals surface area contributed by atoms with E-state index in [0.29, 0.717) is 5.92 Å². The summed E-state index contributed by atoms with van der Waals surface area (Å²) >= 11 is 0. The van der Waals surface area contributed by atoms with Crippen LogP contribution in [0.2, 0.25) is 0 Å². The van der Waals surface area contributed by atoms with Crippen molar-refractivity contribution in [3.05, 3.63) is 17.5 Å². The summed E-state index contributed by atoms with van der Waals surface area (Å²) in [5.41, 5.74) is 2.71. The lowest BCUT2D eigenvalue weighted by Crippen LogP contribution is -2.36. The fourth-order valence-corrected chi connectivity index (χ4v) is 2.90. The molecule has 0 radical (unpaired) electrons. The molecule has 1 atom stereocenters. The van der Waals surface area contributed by atoms with Crippen LogP contribution in [-0.4, -0.2) is 54.5 Å². The standard InChI is InChI=1S/C13H22N4O/c1-2-11(8-14-3-1)13-12(9-15-16-13)10-17-4-6-18-7-5-17/h9,11,14H,1-8,10H2,(H,15,16)/t11-/m0/s1. The van der Waals surface area contributed by atoms with Crippen LogP contribution in [0, 0.1) is 0 Å². The Bertz CT molecular complexity index is 367. The van der Waals surface area contributed by atoms with Gasteiger partial charge in [-0.05, 0) is 19.4 Å². The predicted molar refractivity (Wildman–Crippen MR) is 69.5 cm³/mol. The second-order valence-electron chi connectivity index (χ2n) is 5.24. The molecule has 0 aromatic carbocycles. The number of aromatic amines is 1. The van der Waals surface area contributed by atoms with E-state index in [-0.39, 0.29) is 0 Å². The first-order chi connectivity index (χ1) is 8.93. The molecule has 0 aliphatic carbocycles. The highest BCUT2D eigenvalue weighted by atomic mass is 16.5. The Morgan fingerprint density at radius 3 is 3.06 bits per heavy atom. The van der Waals surface area contributed by atoms with Gasteiger partial charge in [-0.15, -0.1) is 0 Å². The van der Waals surface area contributed by atoms with Crippen molar-refractivity contribution in [3.63, 3.8) is 0 Å².